The Morgan fingerprint density at radius 2 is 1.82 bits per heavy atom. The first-order chi connectivity index (χ1) is 8.18. The second-order valence-electron chi connectivity index (χ2n) is 4.37. The third kappa shape index (κ3) is 2.91. The molecule has 0 atom stereocenters. The van der Waals surface area contributed by atoms with E-state index in [-0.39, 0.29) is 11.7 Å². The van der Waals surface area contributed by atoms with Crippen LogP contribution in [0.1, 0.15) is 36.0 Å². The predicted octanol–water partition coefficient (Wildman–Crippen LogP) is 3.06. The van der Waals surface area contributed by atoms with Gasteiger partial charge in [-0.15, -0.1) is 0 Å². The second kappa shape index (κ2) is 5.41. The number of benzene rings is 1. The number of rotatable bonds is 1. The van der Waals surface area contributed by atoms with E-state index < -0.39 is 0 Å². The van der Waals surface area contributed by atoms with Crippen LogP contribution in [0.3, 0.4) is 0 Å². The van der Waals surface area contributed by atoms with Crippen molar-refractivity contribution in [3.05, 3.63) is 28.8 Å². The molecule has 0 spiro atoms. The average molecular weight is 254 g/mol. The second-order valence-corrected chi connectivity index (χ2v) is 4.78. The summed E-state index contributed by atoms with van der Waals surface area (Å²) in [6.07, 6.45) is 4.44. The number of halogens is 1. The predicted molar refractivity (Wildman–Crippen MR) is 67.5 cm³/mol. The fourth-order valence-corrected chi connectivity index (χ4v) is 2.32. The van der Waals surface area contributed by atoms with E-state index >= 15 is 0 Å². The van der Waals surface area contributed by atoms with Crippen molar-refractivity contribution in [2.75, 3.05) is 13.1 Å². The van der Waals surface area contributed by atoms with Gasteiger partial charge >= 0.3 is 0 Å². The number of hydrogen-bond donors (Lipinski definition) is 1. The van der Waals surface area contributed by atoms with Crippen LogP contribution in [0.4, 0.5) is 0 Å². The fourth-order valence-electron chi connectivity index (χ4n) is 2.12. The number of amides is 1. The van der Waals surface area contributed by atoms with E-state index in [2.05, 4.69) is 0 Å². The van der Waals surface area contributed by atoms with Gasteiger partial charge in [0.15, 0.2) is 0 Å². The van der Waals surface area contributed by atoms with Crippen molar-refractivity contribution in [2.24, 2.45) is 0 Å². The Labute approximate surface area is 106 Å². The van der Waals surface area contributed by atoms with Crippen LogP contribution in [-0.4, -0.2) is 29.0 Å². The monoisotopic (exact) mass is 253 g/mol. The van der Waals surface area contributed by atoms with Crippen molar-refractivity contribution in [2.45, 2.75) is 25.7 Å². The quantitative estimate of drug-likeness (QED) is 0.836. The molecule has 0 aliphatic carbocycles. The van der Waals surface area contributed by atoms with Gasteiger partial charge in [0.05, 0.1) is 10.6 Å². The summed E-state index contributed by atoms with van der Waals surface area (Å²) < 4.78 is 0. The van der Waals surface area contributed by atoms with E-state index in [0.29, 0.717) is 10.6 Å². The maximum Gasteiger partial charge on any atom is 0.255 e. The molecule has 0 radical (unpaired) electrons. The van der Waals surface area contributed by atoms with Crippen molar-refractivity contribution in [3.8, 4) is 5.75 Å². The summed E-state index contributed by atoms with van der Waals surface area (Å²) in [6, 6.07) is 4.49. The maximum atomic E-state index is 12.3. The number of phenols is 1. The zero-order valence-electron chi connectivity index (χ0n) is 9.66. The third-order valence-electron chi connectivity index (χ3n) is 3.07. The molecule has 1 aromatic rings. The molecular weight excluding hydrogens is 238 g/mol. The summed E-state index contributed by atoms with van der Waals surface area (Å²) in [5.41, 5.74) is 0.397. The van der Waals surface area contributed by atoms with Crippen LogP contribution in [0.2, 0.25) is 5.02 Å². The van der Waals surface area contributed by atoms with Gasteiger partial charge in [-0.2, -0.15) is 0 Å². The number of phenolic OH excluding ortho intramolecular Hbond substituents is 1. The molecular formula is C13H16ClNO2. The van der Waals surface area contributed by atoms with E-state index in [9.17, 15) is 9.90 Å². The Bertz CT molecular complexity index is 412. The minimum absolute atomic E-state index is 0.0761. The summed E-state index contributed by atoms with van der Waals surface area (Å²) in [4.78, 5) is 14.1. The number of carbonyl (C=O) groups is 1. The van der Waals surface area contributed by atoms with E-state index in [0.717, 1.165) is 25.9 Å². The lowest BCUT2D eigenvalue weighted by atomic mass is 10.2. The molecule has 0 aromatic heterocycles. The van der Waals surface area contributed by atoms with E-state index in [1.807, 2.05) is 4.90 Å². The van der Waals surface area contributed by atoms with Gasteiger partial charge in [-0.1, -0.05) is 24.4 Å². The number of nitrogens with zero attached hydrogens (tertiary/aromatic N) is 1. The molecule has 1 N–H and O–H groups in total. The van der Waals surface area contributed by atoms with Gasteiger partial charge in [0.2, 0.25) is 0 Å². The number of likely N-dealkylation sites (tertiary alicyclic amines) is 1. The van der Waals surface area contributed by atoms with Gasteiger partial charge in [0, 0.05) is 13.1 Å². The summed E-state index contributed by atoms with van der Waals surface area (Å²) in [6.45, 7) is 1.57. The molecule has 0 saturated carbocycles. The molecule has 3 nitrogen and oxygen atoms in total. The molecule has 1 saturated heterocycles. The Kier molecular flexibility index (Phi) is 3.89. The van der Waals surface area contributed by atoms with Gasteiger partial charge in [-0.3, -0.25) is 4.79 Å². The first-order valence-corrected chi connectivity index (χ1v) is 6.34. The molecule has 1 amide bonds. The maximum absolute atomic E-state index is 12.3. The average Bonchev–Trinajstić information content (AvgIpc) is 2.60. The molecule has 1 aliphatic rings. The lowest BCUT2D eigenvalue weighted by molar-refractivity contribution is 0.0761. The highest BCUT2D eigenvalue weighted by molar-refractivity contribution is 6.33. The molecule has 92 valence electrons. The first-order valence-electron chi connectivity index (χ1n) is 5.96. The highest BCUT2D eigenvalue weighted by atomic mass is 35.5. The van der Waals surface area contributed by atoms with Crippen LogP contribution in [0.5, 0.6) is 5.75 Å². The van der Waals surface area contributed by atoms with Crippen LogP contribution < -0.4 is 0 Å². The molecule has 1 aliphatic heterocycles. The van der Waals surface area contributed by atoms with Gasteiger partial charge in [0.1, 0.15) is 5.75 Å². The molecule has 1 fully saturated rings. The van der Waals surface area contributed by atoms with Crippen molar-refractivity contribution in [3.63, 3.8) is 0 Å². The SMILES string of the molecule is O=C(c1cc(O)ccc1Cl)N1CCCCCC1. The largest absolute Gasteiger partial charge is 0.508 e. The Hall–Kier alpha value is -1.22. The smallest absolute Gasteiger partial charge is 0.255 e. The van der Waals surface area contributed by atoms with Gasteiger partial charge in [-0.05, 0) is 31.0 Å². The lowest BCUT2D eigenvalue weighted by Gasteiger charge is -2.20. The molecule has 0 bridgehead atoms. The fraction of sp³-hybridized carbons (Fsp3) is 0.462. The standard InChI is InChI=1S/C13H16ClNO2/c14-12-6-5-10(16)9-11(12)13(17)15-7-3-1-2-4-8-15/h5-6,9,16H,1-4,7-8H2. The normalized spacial score (nSPS) is 16.6. The van der Waals surface area contributed by atoms with Crippen molar-refractivity contribution in [1.82, 2.24) is 4.90 Å². The lowest BCUT2D eigenvalue weighted by Crippen LogP contribution is -2.31. The zero-order chi connectivity index (χ0) is 12.3. The minimum atomic E-state index is -0.0761. The van der Waals surface area contributed by atoms with Crippen molar-refractivity contribution in [1.29, 1.82) is 0 Å². The van der Waals surface area contributed by atoms with Crippen molar-refractivity contribution < 1.29 is 9.90 Å². The van der Waals surface area contributed by atoms with Gasteiger partial charge in [-0.25, -0.2) is 0 Å². The van der Waals surface area contributed by atoms with Crippen LogP contribution in [-0.2, 0) is 0 Å². The highest BCUT2D eigenvalue weighted by Crippen LogP contribution is 2.23. The Morgan fingerprint density at radius 3 is 2.47 bits per heavy atom. The number of hydrogen-bond acceptors (Lipinski definition) is 2. The highest BCUT2D eigenvalue weighted by Gasteiger charge is 2.19. The third-order valence-corrected chi connectivity index (χ3v) is 3.40. The summed E-state index contributed by atoms with van der Waals surface area (Å²) >= 11 is 5.99. The van der Waals surface area contributed by atoms with Crippen molar-refractivity contribution >= 4 is 17.5 Å². The molecule has 17 heavy (non-hydrogen) atoms. The topological polar surface area (TPSA) is 40.5 Å². The van der Waals surface area contributed by atoms with Gasteiger partial charge in [0.25, 0.3) is 5.91 Å². The van der Waals surface area contributed by atoms with Crippen LogP contribution >= 0.6 is 11.6 Å². The summed E-state index contributed by atoms with van der Waals surface area (Å²) in [5, 5.41) is 9.81. The van der Waals surface area contributed by atoms with Crippen LogP contribution in [0.25, 0.3) is 0 Å². The van der Waals surface area contributed by atoms with E-state index in [1.165, 1.54) is 25.0 Å². The molecule has 1 aromatic carbocycles. The molecule has 2 rings (SSSR count). The molecule has 0 unspecified atom stereocenters. The van der Waals surface area contributed by atoms with E-state index in [4.69, 9.17) is 11.6 Å². The van der Waals surface area contributed by atoms with Crippen LogP contribution in [0, 0.1) is 0 Å². The minimum Gasteiger partial charge on any atom is -0.508 e. The van der Waals surface area contributed by atoms with Gasteiger partial charge < -0.3 is 10.0 Å². The Balaban J connectivity index is 2.20. The number of carbonyl (C=O) groups excluding carboxylic acids is 1. The summed E-state index contributed by atoms with van der Waals surface area (Å²) in [5.74, 6) is 0.000344. The first kappa shape index (κ1) is 12.2. The number of aromatic hydroxyl groups is 1. The Morgan fingerprint density at radius 1 is 1.18 bits per heavy atom. The molecule has 1 heterocycles. The summed E-state index contributed by atoms with van der Waals surface area (Å²) in [7, 11) is 0. The van der Waals surface area contributed by atoms with Crippen LogP contribution in [0.15, 0.2) is 18.2 Å². The zero-order valence-corrected chi connectivity index (χ0v) is 10.4. The molecule has 4 heteroatoms. The van der Waals surface area contributed by atoms with E-state index in [1.54, 1.807) is 6.07 Å².